The quantitative estimate of drug-likeness (QED) is 0.186. The summed E-state index contributed by atoms with van der Waals surface area (Å²) in [6, 6.07) is 31.0. The van der Waals surface area contributed by atoms with Crippen molar-refractivity contribution in [2.45, 2.75) is 13.8 Å². The first-order chi connectivity index (χ1) is 17.2. The van der Waals surface area contributed by atoms with Gasteiger partial charge in [-0.1, -0.05) is 41.6 Å². The van der Waals surface area contributed by atoms with E-state index < -0.39 is 5.97 Å². The van der Waals surface area contributed by atoms with Crippen molar-refractivity contribution in [2.24, 2.45) is 5.16 Å². The summed E-state index contributed by atoms with van der Waals surface area (Å²) in [5.74, 6) is -0.498. The van der Waals surface area contributed by atoms with E-state index in [0.29, 0.717) is 10.9 Å². The minimum Gasteiger partial charge on any atom is -0.372 e. The van der Waals surface area contributed by atoms with Gasteiger partial charge in [0.2, 0.25) is 0 Å². The van der Waals surface area contributed by atoms with Crippen LogP contribution < -0.4 is 10.3 Å². The van der Waals surface area contributed by atoms with E-state index in [1.165, 1.54) is 0 Å². The molecule has 0 saturated carbocycles. The number of hydrogen-bond acceptors (Lipinski definition) is 5. The first-order valence-electron chi connectivity index (χ1n) is 11.8. The van der Waals surface area contributed by atoms with E-state index in [-0.39, 0.29) is 0 Å². The normalized spacial score (nSPS) is 11.7. The van der Waals surface area contributed by atoms with Crippen LogP contribution in [0, 0.1) is 0 Å². The number of para-hydroxylation sites is 1. The van der Waals surface area contributed by atoms with Gasteiger partial charge in [0.1, 0.15) is 5.36 Å². The zero-order chi connectivity index (χ0) is 24.2. The average molecular weight is 463 g/mol. The summed E-state index contributed by atoms with van der Waals surface area (Å²) < 4.78 is 2.18. The van der Waals surface area contributed by atoms with E-state index >= 15 is 0 Å². The van der Waals surface area contributed by atoms with E-state index in [2.05, 4.69) is 58.8 Å². The van der Waals surface area contributed by atoms with Gasteiger partial charge in [-0.05, 0) is 74.5 Å². The zero-order valence-electron chi connectivity index (χ0n) is 19.8. The third-order valence-electron chi connectivity index (χ3n) is 6.03. The van der Waals surface area contributed by atoms with Crippen molar-refractivity contribution in [3.05, 3.63) is 108 Å². The number of fused-ring (bicyclic) bond motifs is 2. The van der Waals surface area contributed by atoms with Crippen molar-refractivity contribution < 1.29 is 9.63 Å². The summed E-state index contributed by atoms with van der Waals surface area (Å²) in [7, 11) is 0. The maximum atomic E-state index is 12.4. The molecule has 0 aromatic heterocycles. The summed E-state index contributed by atoms with van der Waals surface area (Å²) in [6.45, 7) is 6.15. The molecule has 0 amide bonds. The minimum absolute atomic E-state index is 0.452. The predicted octanol–water partition coefficient (Wildman–Crippen LogP) is 5.65. The summed E-state index contributed by atoms with van der Waals surface area (Å²) in [5.41, 5.74) is 6.20. The average Bonchev–Trinajstić information content (AvgIpc) is 2.92. The largest absolute Gasteiger partial charge is 0.372 e. The lowest BCUT2D eigenvalue weighted by atomic mass is 10.1. The van der Waals surface area contributed by atoms with E-state index in [1.54, 1.807) is 30.3 Å². The van der Waals surface area contributed by atoms with Crippen LogP contribution in [0.25, 0.3) is 28.1 Å². The number of hydrogen-bond donors (Lipinski definition) is 0. The molecule has 0 N–H and O–H groups in total. The third-order valence-corrected chi connectivity index (χ3v) is 6.03. The lowest BCUT2D eigenvalue weighted by molar-refractivity contribution is 0.0497. The van der Waals surface area contributed by atoms with Crippen LogP contribution in [0.5, 0.6) is 0 Å². The Bertz CT molecular complexity index is 1510. The molecule has 1 aliphatic heterocycles. The fourth-order valence-electron chi connectivity index (χ4n) is 4.25. The Morgan fingerprint density at radius 3 is 2.31 bits per heavy atom. The van der Waals surface area contributed by atoms with Gasteiger partial charge in [-0.25, -0.2) is 9.78 Å². The Morgan fingerprint density at radius 1 is 0.886 bits per heavy atom. The fraction of sp³-hybridized carbons (Fsp3) is 0.138. The van der Waals surface area contributed by atoms with Crippen LogP contribution >= 0.6 is 0 Å². The smallest absolute Gasteiger partial charge is 0.365 e. The lowest BCUT2D eigenvalue weighted by Crippen LogP contribution is -2.22. The van der Waals surface area contributed by atoms with Gasteiger partial charge >= 0.3 is 5.97 Å². The highest BCUT2D eigenvalue weighted by atomic mass is 16.7. The molecule has 1 heterocycles. The number of aromatic nitrogens is 2. The standard InChI is InChI=1S/C29H26N4O2/c1-3-32(4-2)24-16-18-26-28(20-24)33(23-13-9-6-10-14-23)27-19-22(15-17-25(27)30-26)31-35-29(34)21-11-7-5-8-12-21/h5-20H,3-4H2,1-2H3/b31-22+. The highest BCUT2D eigenvalue weighted by Gasteiger charge is 2.16. The van der Waals surface area contributed by atoms with Gasteiger partial charge in [-0.2, -0.15) is 0 Å². The maximum absolute atomic E-state index is 12.4. The van der Waals surface area contributed by atoms with Crippen LogP contribution in [0.15, 0.2) is 102 Å². The second-order valence-electron chi connectivity index (χ2n) is 8.14. The molecule has 0 unspecified atom stereocenters. The molecule has 2 aliphatic rings. The predicted molar refractivity (Wildman–Crippen MR) is 139 cm³/mol. The van der Waals surface area contributed by atoms with Crippen LogP contribution in [0.3, 0.4) is 0 Å². The van der Waals surface area contributed by atoms with Crippen LogP contribution in [0.4, 0.5) is 5.69 Å². The molecule has 3 aromatic rings. The van der Waals surface area contributed by atoms with Crippen molar-refractivity contribution in [1.82, 2.24) is 9.55 Å². The molecule has 6 heteroatoms. The second kappa shape index (κ2) is 9.81. The first-order valence-corrected chi connectivity index (χ1v) is 11.8. The van der Waals surface area contributed by atoms with Crippen LogP contribution in [-0.2, 0) is 4.84 Å². The maximum Gasteiger partial charge on any atom is 0.365 e. The molecule has 0 saturated heterocycles. The molecule has 174 valence electrons. The fourth-order valence-corrected chi connectivity index (χ4v) is 4.25. The summed E-state index contributed by atoms with van der Waals surface area (Å²) >= 11 is 0. The van der Waals surface area contributed by atoms with Gasteiger partial charge in [-0.15, -0.1) is 0 Å². The van der Waals surface area contributed by atoms with Gasteiger partial charge < -0.3 is 14.3 Å². The monoisotopic (exact) mass is 462 g/mol. The number of benzene rings is 4. The molecular weight excluding hydrogens is 436 g/mol. The molecule has 0 bridgehead atoms. The molecule has 35 heavy (non-hydrogen) atoms. The minimum atomic E-state index is -0.498. The Hall–Kier alpha value is -4.45. The molecule has 0 fully saturated rings. The Kier molecular flexibility index (Phi) is 6.26. The highest BCUT2D eigenvalue weighted by molar-refractivity contribution is 5.89. The molecule has 5 rings (SSSR count). The number of carbonyl (C=O) groups is 1. The van der Waals surface area contributed by atoms with E-state index in [4.69, 9.17) is 9.82 Å². The summed E-state index contributed by atoms with van der Waals surface area (Å²) in [5, 5.41) is 4.66. The van der Waals surface area contributed by atoms with Gasteiger partial charge in [0.25, 0.3) is 0 Å². The molecule has 1 aliphatic carbocycles. The lowest BCUT2D eigenvalue weighted by Gasteiger charge is -2.23. The molecule has 0 atom stereocenters. The van der Waals surface area contributed by atoms with Crippen LogP contribution in [0.2, 0.25) is 0 Å². The Labute approximate surface area is 204 Å². The topological polar surface area (TPSA) is 59.7 Å². The number of rotatable bonds is 6. The highest BCUT2D eigenvalue weighted by Crippen LogP contribution is 2.30. The number of nitrogens with zero attached hydrogens (tertiary/aromatic N) is 4. The third kappa shape index (κ3) is 4.51. The van der Waals surface area contributed by atoms with E-state index in [9.17, 15) is 4.79 Å². The van der Waals surface area contributed by atoms with Gasteiger partial charge in [0.15, 0.2) is 0 Å². The van der Waals surface area contributed by atoms with Crippen molar-refractivity contribution in [2.75, 3.05) is 18.0 Å². The number of carbonyl (C=O) groups excluding carboxylic acids is 1. The van der Waals surface area contributed by atoms with Gasteiger partial charge in [0, 0.05) is 24.5 Å². The van der Waals surface area contributed by atoms with Crippen molar-refractivity contribution >= 4 is 22.7 Å². The van der Waals surface area contributed by atoms with Crippen LogP contribution in [0.1, 0.15) is 24.2 Å². The zero-order valence-corrected chi connectivity index (χ0v) is 19.8. The van der Waals surface area contributed by atoms with Gasteiger partial charge in [-0.3, -0.25) is 0 Å². The van der Waals surface area contributed by atoms with Crippen LogP contribution in [-0.4, -0.2) is 28.6 Å². The molecular formula is C29H26N4O2. The summed E-state index contributed by atoms with van der Waals surface area (Å²) in [6.07, 6.45) is 0. The second-order valence-corrected chi connectivity index (χ2v) is 8.14. The van der Waals surface area contributed by atoms with Crippen molar-refractivity contribution in [3.8, 4) is 17.1 Å². The number of anilines is 1. The summed E-state index contributed by atoms with van der Waals surface area (Å²) in [4.78, 5) is 24.8. The molecule has 3 aromatic carbocycles. The first kappa shape index (κ1) is 22.3. The Morgan fingerprint density at radius 2 is 1.60 bits per heavy atom. The van der Waals surface area contributed by atoms with E-state index in [0.717, 1.165) is 46.9 Å². The molecule has 0 spiro atoms. The Balaban J connectivity index is 1.68. The van der Waals surface area contributed by atoms with Crippen molar-refractivity contribution in [3.63, 3.8) is 0 Å². The van der Waals surface area contributed by atoms with Gasteiger partial charge in [0.05, 0.1) is 28.0 Å². The van der Waals surface area contributed by atoms with E-state index in [1.807, 2.05) is 36.4 Å². The van der Waals surface area contributed by atoms with Crippen molar-refractivity contribution in [1.29, 1.82) is 0 Å². The SMILES string of the molecule is CCN(CC)c1ccc2nc3cc/c(=N\OC(=O)c4ccccc4)cc-3n(-c3ccccc3)c2c1. The molecule has 0 radical (unpaired) electrons. The molecule has 6 nitrogen and oxygen atoms in total.